The van der Waals surface area contributed by atoms with Crippen LogP contribution in [0.2, 0.25) is 0 Å². The minimum absolute atomic E-state index is 0.0713. The van der Waals surface area contributed by atoms with Crippen molar-refractivity contribution in [2.45, 2.75) is 12.5 Å². The van der Waals surface area contributed by atoms with Gasteiger partial charge in [0.1, 0.15) is 11.6 Å². The molecule has 126 valence electrons. The summed E-state index contributed by atoms with van der Waals surface area (Å²) in [7, 11) is 3.21. The standard InChI is InChI=1S/C19H19F2NO2/c1-23-18-9-13-7-8-22-17(15(13)11-19(18)24-2)6-4-12-3-5-14(20)10-16(12)21/h3-6,9-11,17,22H,7-8H2,1-2H3. The van der Waals surface area contributed by atoms with Crippen LogP contribution < -0.4 is 14.8 Å². The molecule has 1 unspecified atom stereocenters. The number of benzene rings is 2. The Morgan fingerprint density at radius 3 is 2.54 bits per heavy atom. The number of fused-ring (bicyclic) bond motifs is 1. The van der Waals surface area contributed by atoms with Gasteiger partial charge in [-0.15, -0.1) is 0 Å². The normalized spacial score (nSPS) is 16.9. The molecule has 0 aliphatic carbocycles. The van der Waals surface area contributed by atoms with Crippen LogP contribution in [-0.4, -0.2) is 20.8 Å². The summed E-state index contributed by atoms with van der Waals surface area (Å²) in [4.78, 5) is 0. The molecule has 0 bridgehead atoms. The number of methoxy groups -OCH3 is 2. The highest BCUT2D eigenvalue weighted by atomic mass is 19.1. The molecular formula is C19H19F2NO2. The van der Waals surface area contributed by atoms with Crippen LogP contribution in [0.5, 0.6) is 11.5 Å². The Bertz CT molecular complexity index is 774. The lowest BCUT2D eigenvalue weighted by molar-refractivity contribution is 0.353. The second-order valence-corrected chi connectivity index (χ2v) is 5.61. The fourth-order valence-electron chi connectivity index (χ4n) is 2.92. The minimum atomic E-state index is -0.581. The summed E-state index contributed by atoms with van der Waals surface area (Å²) in [5.41, 5.74) is 2.59. The second kappa shape index (κ2) is 7.01. The highest BCUT2D eigenvalue weighted by molar-refractivity contribution is 5.55. The summed E-state index contributed by atoms with van der Waals surface area (Å²) in [6.07, 6.45) is 4.42. The van der Waals surface area contributed by atoms with Crippen molar-refractivity contribution in [1.82, 2.24) is 5.32 Å². The fourth-order valence-corrected chi connectivity index (χ4v) is 2.92. The van der Waals surface area contributed by atoms with Gasteiger partial charge in [-0.1, -0.05) is 12.2 Å². The Kier molecular flexibility index (Phi) is 4.81. The van der Waals surface area contributed by atoms with Crippen molar-refractivity contribution in [2.24, 2.45) is 0 Å². The van der Waals surface area contributed by atoms with Crippen molar-refractivity contribution in [2.75, 3.05) is 20.8 Å². The molecular weight excluding hydrogens is 312 g/mol. The first kappa shape index (κ1) is 16.5. The number of hydrogen-bond donors (Lipinski definition) is 1. The zero-order valence-electron chi connectivity index (χ0n) is 13.6. The van der Waals surface area contributed by atoms with Crippen molar-refractivity contribution < 1.29 is 18.3 Å². The van der Waals surface area contributed by atoms with E-state index >= 15 is 0 Å². The molecule has 3 nitrogen and oxygen atoms in total. The van der Waals surface area contributed by atoms with Crippen molar-refractivity contribution >= 4 is 6.08 Å². The van der Waals surface area contributed by atoms with E-state index in [9.17, 15) is 8.78 Å². The molecule has 0 fully saturated rings. The highest BCUT2D eigenvalue weighted by Gasteiger charge is 2.20. The second-order valence-electron chi connectivity index (χ2n) is 5.61. The Morgan fingerprint density at radius 1 is 1.08 bits per heavy atom. The van der Waals surface area contributed by atoms with Gasteiger partial charge >= 0.3 is 0 Å². The largest absolute Gasteiger partial charge is 0.493 e. The molecule has 1 aliphatic heterocycles. The molecule has 5 heteroatoms. The number of nitrogens with one attached hydrogen (secondary N) is 1. The molecule has 1 atom stereocenters. The van der Waals surface area contributed by atoms with Gasteiger partial charge in [-0.3, -0.25) is 0 Å². The summed E-state index contributed by atoms with van der Waals surface area (Å²) in [5.74, 6) is 0.203. The van der Waals surface area contributed by atoms with E-state index in [0.717, 1.165) is 24.6 Å². The van der Waals surface area contributed by atoms with Crippen LogP contribution in [0.15, 0.2) is 36.4 Å². The monoisotopic (exact) mass is 331 g/mol. The summed E-state index contributed by atoms with van der Waals surface area (Å²) in [6, 6.07) is 7.41. The maximum atomic E-state index is 13.8. The molecule has 0 amide bonds. The molecule has 2 aromatic carbocycles. The Morgan fingerprint density at radius 2 is 1.83 bits per heavy atom. The van der Waals surface area contributed by atoms with Crippen molar-refractivity contribution in [1.29, 1.82) is 0 Å². The number of hydrogen-bond acceptors (Lipinski definition) is 3. The lowest BCUT2D eigenvalue weighted by Gasteiger charge is -2.26. The minimum Gasteiger partial charge on any atom is -0.493 e. The van der Waals surface area contributed by atoms with E-state index in [1.807, 2.05) is 18.2 Å². The summed E-state index contributed by atoms with van der Waals surface area (Å²) in [5, 5.41) is 3.39. The van der Waals surface area contributed by atoms with Crippen molar-refractivity contribution in [3.8, 4) is 11.5 Å². The molecule has 2 aromatic rings. The predicted molar refractivity (Wildman–Crippen MR) is 89.4 cm³/mol. The smallest absolute Gasteiger partial charge is 0.161 e. The Balaban J connectivity index is 1.93. The lowest BCUT2D eigenvalue weighted by Crippen LogP contribution is -2.28. The van der Waals surface area contributed by atoms with Crippen LogP contribution in [-0.2, 0) is 6.42 Å². The van der Waals surface area contributed by atoms with E-state index in [2.05, 4.69) is 5.32 Å². The maximum Gasteiger partial charge on any atom is 0.161 e. The van der Waals surface area contributed by atoms with Crippen LogP contribution in [0.1, 0.15) is 22.7 Å². The molecule has 3 rings (SSSR count). The van der Waals surface area contributed by atoms with Crippen LogP contribution >= 0.6 is 0 Å². The molecule has 0 aromatic heterocycles. The van der Waals surface area contributed by atoms with E-state index < -0.39 is 11.6 Å². The van der Waals surface area contributed by atoms with E-state index in [0.29, 0.717) is 17.1 Å². The molecule has 0 saturated heterocycles. The molecule has 0 spiro atoms. The SMILES string of the molecule is COc1cc2c(cc1OC)C(C=Cc1ccc(F)cc1F)NCC2. The van der Waals surface area contributed by atoms with Gasteiger partial charge in [0.25, 0.3) is 0 Å². The maximum absolute atomic E-state index is 13.8. The van der Waals surface area contributed by atoms with Crippen LogP contribution in [0, 0.1) is 11.6 Å². The van der Waals surface area contributed by atoms with Gasteiger partial charge in [-0.05, 0) is 41.8 Å². The summed E-state index contributed by atoms with van der Waals surface area (Å²) in [6.45, 7) is 0.809. The van der Waals surface area contributed by atoms with E-state index in [4.69, 9.17) is 9.47 Å². The number of ether oxygens (including phenoxy) is 2. The first-order valence-electron chi connectivity index (χ1n) is 7.74. The molecule has 1 aliphatic rings. The van der Waals surface area contributed by atoms with Gasteiger partial charge in [0, 0.05) is 18.2 Å². The van der Waals surface area contributed by atoms with Crippen LogP contribution in [0.3, 0.4) is 0 Å². The van der Waals surface area contributed by atoms with Gasteiger partial charge in [0.15, 0.2) is 11.5 Å². The fraction of sp³-hybridized carbons (Fsp3) is 0.263. The molecule has 0 saturated carbocycles. The third-order valence-electron chi connectivity index (χ3n) is 4.17. The summed E-state index contributed by atoms with van der Waals surface area (Å²) >= 11 is 0. The average molecular weight is 331 g/mol. The van der Waals surface area contributed by atoms with Gasteiger partial charge in [0.05, 0.1) is 20.3 Å². The van der Waals surface area contributed by atoms with Gasteiger partial charge in [-0.25, -0.2) is 8.78 Å². The van der Waals surface area contributed by atoms with Gasteiger partial charge < -0.3 is 14.8 Å². The Labute approximate surface area is 139 Å². The third-order valence-corrected chi connectivity index (χ3v) is 4.17. The van der Waals surface area contributed by atoms with Crippen LogP contribution in [0.4, 0.5) is 8.78 Å². The number of rotatable bonds is 4. The van der Waals surface area contributed by atoms with Crippen LogP contribution in [0.25, 0.3) is 6.08 Å². The van der Waals surface area contributed by atoms with Crippen molar-refractivity contribution in [3.05, 3.63) is 64.7 Å². The predicted octanol–water partition coefficient (Wildman–Crippen LogP) is 3.88. The molecule has 1 N–H and O–H groups in total. The van der Waals surface area contributed by atoms with Gasteiger partial charge in [0.2, 0.25) is 0 Å². The molecule has 24 heavy (non-hydrogen) atoms. The van der Waals surface area contributed by atoms with Gasteiger partial charge in [-0.2, -0.15) is 0 Å². The molecule has 0 radical (unpaired) electrons. The highest BCUT2D eigenvalue weighted by Crippen LogP contribution is 2.35. The average Bonchev–Trinajstić information content (AvgIpc) is 2.59. The zero-order valence-corrected chi connectivity index (χ0v) is 13.6. The zero-order chi connectivity index (χ0) is 17.1. The first-order chi connectivity index (χ1) is 11.6. The lowest BCUT2D eigenvalue weighted by atomic mass is 9.93. The summed E-state index contributed by atoms with van der Waals surface area (Å²) < 4.78 is 37.5. The van der Waals surface area contributed by atoms with Crippen molar-refractivity contribution in [3.63, 3.8) is 0 Å². The van der Waals surface area contributed by atoms with E-state index in [1.165, 1.54) is 17.7 Å². The first-order valence-corrected chi connectivity index (χ1v) is 7.74. The third kappa shape index (κ3) is 3.26. The van der Waals surface area contributed by atoms with E-state index in [1.54, 1.807) is 20.3 Å². The topological polar surface area (TPSA) is 30.5 Å². The Hall–Kier alpha value is -2.40. The van der Waals surface area contributed by atoms with E-state index in [-0.39, 0.29) is 6.04 Å². The molecule has 1 heterocycles. The quantitative estimate of drug-likeness (QED) is 0.922. The number of halogens is 2.